The normalized spacial score (nSPS) is 11.3. The van der Waals surface area contributed by atoms with E-state index >= 15 is 0 Å². The summed E-state index contributed by atoms with van der Waals surface area (Å²) in [5, 5.41) is 13.9. The lowest BCUT2D eigenvalue weighted by Gasteiger charge is -1.96. The van der Waals surface area contributed by atoms with Gasteiger partial charge in [0.15, 0.2) is 0 Å². The summed E-state index contributed by atoms with van der Waals surface area (Å²) in [6.07, 6.45) is 3.89. The molecule has 0 unspecified atom stereocenters. The molecule has 4 nitrogen and oxygen atoms in total. The number of thiophene rings is 1. The van der Waals surface area contributed by atoms with Crippen LogP contribution in [0.1, 0.15) is 15.4 Å². The molecule has 2 aromatic carbocycles. The van der Waals surface area contributed by atoms with Gasteiger partial charge in [0.25, 0.3) is 0 Å². The molecule has 0 aliphatic heterocycles. The van der Waals surface area contributed by atoms with Gasteiger partial charge in [-0.15, -0.1) is 21.5 Å². The van der Waals surface area contributed by atoms with Crippen LogP contribution < -0.4 is 5.32 Å². The monoisotopic (exact) mass is 411 g/mol. The Morgan fingerprint density at radius 2 is 1.81 bits per heavy atom. The summed E-state index contributed by atoms with van der Waals surface area (Å²) in [4.78, 5) is 13.0. The van der Waals surface area contributed by atoms with Crippen LogP contribution in [0.5, 0.6) is 0 Å². The van der Waals surface area contributed by atoms with Crippen LogP contribution in [0.2, 0.25) is 5.02 Å². The van der Waals surface area contributed by atoms with Crippen molar-refractivity contribution in [3.8, 4) is 0 Å². The number of aromatic nitrogens is 2. The van der Waals surface area contributed by atoms with Crippen LogP contribution in [0.25, 0.3) is 16.2 Å². The second-order valence-corrected chi connectivity index (χ2v) is 8.29. The average molecular weight is 412 g/mol. The van der Waals surface area contributed by atoms with Crippen molar-refractivity contribution in [3.63, 3.8) is 0 Å². The molecule has 1 N–H and O–H groups in total. The molecule has 27 heavy (non-hydrogen) atoms. The Morgan fingerprint density at radius 1 is 1.04 bits per heavy atom. The maximum atomic E-state index is 12.2. The molecule has 0 fully saturated rings. The van der Waals surface area contributed by atoms with Gasteiger partial charge in [-0.25, -0.2) is 0 Å². The summed E-state index contributed by atoms with van der Waals surface area (Å²) in [5.41, 5.74) is 1.16. The van der Waals surface area contributed by atoms with E-state index in [2.05, 4.69) is 15.5 Å². The molecule has 0 saturated heterocycles. The van der Waals surface area contributed by atoms with Gasteiger partial charge in [0, 0.05) is 27.5 Å². The fraction of sp³-hybridized carbons (Fsp3) is 0.0500. The van der Waals surface area contributed by atoms with Crippen LogP contribution in [-0.4, -0.2) is 16.1 Å². The summed E-state index contributed by atoms with van der Waals surface area (Å²) >= 11 is 9.31. The first-order chi connectivity index (χ1) is 13.2. The van der Waals surface area contributed by atoms with Gasteiger partial charge in [0.05, 0.1) is 5.02 Å². The number of hydrogen-bond donors (Lipinski definition) is 1. The van der Waals surface area contributed by atoms with Crippen LogP contribution >= 0.6 is 34.3 Å². The average Bonchev–Trinajstić information content (AvgIpc) is 3.25. The summed E-state index contributed by atoms with van der Waals surface area (Å²) in [6.45, 7) is 0. The Hall–Kier alpha value is -2.54. The number of carbonyl (C=O) groups excluding carboxylic acids is 1. The van der Waals surface area contributed by atoms with E-state index in [1.807, 2.05) is 54.6 Å². The molecule has 0 aliphatic rings. The first-order valence-electron chi connectivity index (χ1n) is 8.21. The Morgan fingerprint density at radius 3 is 2.63 bits per heavy atom. The number of rotatable bonds is 5. The smallest absolute Gasteiger partial charge is 0.250 e. The predicted molar refractivity (Wildman–Crippen MR) is 114 cm³/mol. The summed E-state index contributed by atoms with van der Waals surface area (Å²) in [7, 11) is 0. The van der Waals surface area contributed by atoms with Crippen molar-refractivity contribution in [2.45, 2.75) is 6.42 Å². The molecule has 0 atom stereocenters. The molecule has 7 heteroatoms. The SMILES string of the molecule is O=C(/C=C/c1sc2ccccc2c1Cl)Nc1nnc(Cc2ccccc2)s1. The lowest BCUT2D eigenvalue weighted by Crippen LogP contribution is -2.07. The van der Waals surface area contributed by atoms with E-state index in [0.717, 1.165) is 25.5 Å². The highest BCUT2D eigenvalue weighted by Crippen LogP contribution is 2.35. The van der Waals surface area contributed by atoms with Crippen molar-refractivity contribution in [3.05, 3.63) is 81.1 Å². The topological polar surface area (TPSA) is 54.9 Å². The zero-order valence-electron chi connectivity index (χ0n) is 14.1. The van der Waals surface area contributed by atoms with Gasteiger partial charge in [-0.2, -0.15) is 0 Å². The molecule has 0 radical (unpaired) electrons. The van der Waals surface area contributed by atoms with E-state index in [1.165, 1.54) is 17.4 Å². The molecular formula is C20H14ClN3OS2. The highest BCUT2D eigenvalue weighted by atomic mass is 35.5. The van der Waals surface area contributed by atoms with E-state index in [4.69, 9.17) is 11.6 Å². The number of nitrogens with zero attached hydrogens (tertiary/aromatic N) is 2. The molecular weight excluding hydrogens is 398 g/mol. The fourth-order valence-corrected chi connectivity index (χ4v) is 4.76. The minimum Gasteiger partial charge on any atom is -0.297 e. The molecule has 134 valence electrons. The summed E-state index contributed by atoms with van der Waals surface area (Å²) < 4.78 is 1.09. The Kier molecular flexibility index (Phi) is 5.29. The third-order valence-electron chi connectivity index (χ3n) is 3.84. The molecule has 4 rings (SSSR count). The van der Waals surface area contributed by atoms with Crippen LogP contribution in [0.3, 0.4) is 0 Å². The van der Waals surface area contributed by atoms with Gasteiger partial charge in [-0.05, 0) is 17.7 Å². The van der Waals surface area contributed by atoms with Crippen molar-refractivity contribution in [1.82, 2.24) is 10.2 Å². The van der Waals surface area contributed by atoms with Gasteiger partial charge in [0.2, 0.25) is 11.0 Å². The second-order valence-electron chi connectivity index (χ2n) is 5.76. The molecule has 0 aliphatic carbocycles. The third kappa shape index (κ3) is 4.24. The lowest BCUT2D eigenvalue weighted by molar-refractivity contribution is -0.111. The largest absolute Gasteiger partial charge is 0.297 e. The van der Waals surface area contributed by atoms with Crippen molar-refractivity contribution < 1.29 is 4.79 Å². The highest BCUT2D eigenvalue weighted by Gasteiger charge is 2.09. The minimum atomic E-state index is -0.258. The van der Waals surface area contributed by atoms with E-state index in [1.54, 1.807) is 17.4 Å². The van der Waals surface area contributed by atoms with Crippen molar-refractivity contribution >= 4 is 61.5 Å². The van der Waals surface area contributed by atoms with Crippen molar-refractivity contribution in [2.75, 3.05) is 5.32 Å². The van der Waals surface area contributed by atoms with E-state index in [9.17, 15) is 4.79 Å². The molecule has 2 heterocycles. The number of anilines is 1. The molecule has 1 amide bonds. The van der Waals surface area contributed by atoms with Crippen LogP contribution in [0.15, 0.2) is 60.7 Å². The number of benzene rings is 2. The highest BCUT2D eigenvalue weighted by molar-refractivity contribution is 7.20. The van der Waals surface area contributed by atoms with E-state index in [-0.39, 0.29) is 5.91 Å². The van der Waals surface area contributed by atoms with Gasteiger partial charge >= 0.3 is 0 Å². The Bertz CT molecular complexity index is 1120. The second kappa shape index (κ2) is 8.00. The fourth-order valence-electron chi connectivity index (χ4n) is 2.58. The van der Waals surface area contributed by atoms with Crippen LogP contribution in [-0.2, 0) is 11.2 Å². The maximum absolute atomic E-state index is 12.2. The molecule has 0 spiro atoms. The third-order valence-corrected chi connectivity index (χ3v) is 6.33. The van der Waals surface area contributed by atoms with E-state index < -0.39 is 0 Å². The standard InChI is InChI=1S/C20H14ClN3OS2/c21-19-14-8-4-5-9-15(14)26-16(19)10-11-17(25)22-20-24-23-18(27-20)12-13-6-2-1-3-7-13/h1-11H,12H2,(H,22,24,25)/b11-10+. The van der Waals surface area contributed by atoms with Gasteiger partial charge < -0.3 is 0 Å². The van der Waals surface area contributed by atoms with Gasteiger partial charge in [-0.1, -0.05) is 71.5 Å². The Labute approximate surface area is 169 Å². The first-order valence-corrected chi connectivity index (χ1v) is 10.2. The van der Waals surface area contributed by atoms with Gasteiger partial charge in [-0.3, -0.25) is 10.1 Å². The van der Waals surface area contributed by atoms with Crippen molar-refractivity contribution in [1.29, 1.82) is 0 Å². The quantitative estimate of drug-likeness (QED) is 0.432. The number of halogens is 1. The van der Waals surface area contributed by atoms with Gasteiger partial charge in [0.1, 0.15) is 5.01 Å². The molecule has 0 bridgehead atoms. The van der Waals surface area contributed by atoms with Crippen molar-refractivity contribution in [2.24, 2.45) is 0 Å². The Balaban J connectivity index is 1.42. The number of amides is 1. The molecule has 2 aromatic heterocycles. The molecule has 0 saturated carbocycles. The van der Waals surface area contributed by atoms with E-state index in [0.29, 0.717) is 16.6 Å². The predicted octanol–water partition coefficient (Wildman–Crippen LogP) is 5.65. The number of carbonyl (C=O) groups is 1. The van der Waals surface area contributed by atoms with Crippen LogP contribution in [0.4, 0.5) is 5.13 Å². The minimum absolute atomic E-state index is 0.258. The number of hydrogen-bond acceptors (Lipinski definition) is 5. The molecule has 4 aromatic rings. The first kappa shape index (κ1) is 17.9. The number of nitrogens with one attached hydrogen (secondary N) is 1. The maximum Gasteiger partial charge on any atom is 0.250 e. The lowest BCUT2D eigenvalue weighted by atomic mass is 10.2. The summed E-state index contributed by atoms with van der Waals surface area (Å²) in [5.74, 6) is -0.258. The summed E-state index contributed by atoms with van der Waals surface area (Å²) in [6, 6.07) is 17.9. The zero-order chi connectivity index (χ0) is 18.6. The zero-order valence-corrected chi connectivity index (χ0v) is 16.4. The number of fused-ring (bicyclic) bond motifs is 1. The van der Waals surface area contributed by atoms with Crippen LogP contribution in [0, 0.1) is 0 Å².